The van der Waals surface area contributed by atoms with E-state index in [0.717, 1.165) is 0 Å². The number of rotatable bonds is 18. The first kappa shape index (κ1) is 42.0. The minimum Gasteiger partial charge on any atom is -0.481 e. The summed E-state index contributed by atoms with van der Waals surface area (Å²) in [7, 11) is 3.08. The van der Waals surface area contributed by atoms with Crippen LogP contribution in [0.2, 0.25) is 0 Å². The molecule has 3 N–H and O–H groups in total. The highest BCUT2D eigenvalue weighted by Crippen LogP contribution is 2.65. The van der Waals surface area contributed by atoms with Crippen molar-refractivity contribution in [1.29, 1.82) is 0 Å². The fourth-order valence-corrected chi connectivity index (χ4v) is 3.30. The van der Waals surface area contributed by atoms with Gasteiger partial charge in [-0.15, -0.1) is 0 Å². The lowest BCUT2D eigenvalue weighted by Crippen LogP contribution is -2.75. The van der Waals surface area contributed by atoms with E-state index in [1.54, 1.807) is 14.1 Å². The molecule has 1 atom stereocenters. The summed E-state index contributed by atoms with van der Waals surface area (Å²) >= 11 is 0. The molecule has 0 saturated carbocycles. The molecule has 0 rings (SSSR count). The van der Waals surface area contributed by atoms with Crippen molar-refractivity contribution in [3.63, 3.8) is 0 Å². The van der Waals surface area contributed by atoms with Gasteiger partial charge in [-0.2, -0.15) is 83.4 Å². The molecule has 0 amide bonds. The third-order valence-corrected chi connectivity index (χ3v) is 6.10. The molecule has 0 aromatic carbocycles. The zero-order valence-electron chi connectivity index (χ0n) is 22.0. The fraction of sp³-hybridized carbons (Fsp3) is 0.950. The summed E-state index contributed by atoms with van der Waals surface area (Å²) in [4.78, 5) is 10.6. The molecule has 0 aliphatic heterocycles. The zero-order valence-corrected chi connectivity index (χ0v) is 22.0. The molecule has 0 fully saturated rings. The molecule has 264 valence electrons. The molecule has 0 aromatic rings. The summed E-state index contributed by atoms with van der Waals surface area (Å²) < 4.78 is 254. The standard InChI is InChI=1S/C20H23F19N2O3/c1-41(2,7-4-11(43)44)6-3-5-40-9-10(42)8-12(21,22)13(23,24)14(25,26)15(27,28)16(29,30)17(31,32)18(33,34)19(35,36)20(37,38)39/h10,40,42H,3-9H2,1-2H3/p+1. The lowest BCUT2D eigenvalue weighted by molar-refractivity contribution is -0.889. The minimum atomic E-state index is -8.99. The van der Waals surface area contributed by atoms with Crippen LogP contribution in [0.25, 0.3) is 0 Å². The van der Waals surface area contributed by atoms with Crippen molar-refractivity contribution in [2.24, 2.45) is 0 Å². The molecule has 0 aromatic heterocycles. The van der Waals surface area contributed by atoms with Crippen LogP contribution < -0.4 is 5.32 Å². The molecule has 0 spiro atoms. The maximum absolute atomic E-state index is 14.0. The average Bonchev–Trinajstić information content (AvgIpc) is 2.80. The number of quaternary nitrogens is 1. The number of hydrogen-bond acceptors (Lipinski definition) is 3. The van der Waals surface area contributed by atoms with Gasteiger partial charge in [-0.1, -0.05) is 0 Å². The maximum atomic E-state index is 14.0. The van der Waals surface area contributed by atoms with Crippen molar-refractivity contribution in [1.82, 2.24) is 5.32 Å². The number of nitrogens with zero attached hydrogens (tertiary/aromatic N) is 1. The number of carboxylic acids is 1. The number of alkyl halides is 19. The molecule has 0 aliphatic carbocycles. The highest BCUT2D eigenvalue weighted by Gasteiger charge is 2.96. The molecular weight excluding hydrogens is 677 g/mol. The van der Waals surface area contributed by atoms with Crippen LogP contribution in [-0.4, -0.2) is 121 Å². The summed E-state index contributed by atoms with van der Waals surface area (Å²) in [5.41, 5.74) is 0. The van der Waals surface area contributed by atoms with Crippen molar-refractivity contribution in [3.05, 3.63) is 0 Å². The Bertz CT molecular complexity index is 982. The second-order valence-corrected chi connectivity index (χ2v) is 10.2. The van der Waals surface area contributed by atoms with E-state index in [4.69, 9.17) is 5.11 Å². The molecule has 0 aliphatic rings. The number of carbonyl (C=O) groups is 1. The van der Waals surface area contributed by atoms with Gasteiger partial charge in [0.15, 0.2) is 0 Å². The molecule has 0 heterocycles. The van der Waals surface area contributed by atoms with E-state index in [1.807, 2.05) is 0 Å². The minimum absolute atomic E-state index is 0.0531. The van der Waals surface area contributed by atoms with Crippen LogP contribution in [0.15, 0.2) is 0 Å². The molecule has 5 nitrogen and oxygen atoms in total. The van der Waals surface area contributed by atoms with Crippen molar-refractivity contribution < 1.29 is 103 Å². The lowest BCUT2D eigenvalue weighted by atomic mass is 9.86. The predicted octanol–water partition coefficient (Wildman–Crippen LogP) is 5.91. The molecule has 1 unspecified atom stereocenters. The van der Waals surface area contributed by atoms with E-state index in [-0.39, 0.29) is 37.0 Å². The Morgan fingerprint density at radius 2 is 1.00 bits per heavy atom. The molecule has 0 bridgehead atoms. The average molecular weight is 701 g/mol. The molecule has 0 radical (unpaired) electrons. The second kappa shape index (κ2) is 12.7. The second-order valence-electron chi connectivity index (χ2n) is 10.2. The van der Waals surface area contributed by atoms with Crippen LogP contribution in [0, 0.1) is 0 Å². The predicted molar refractivity (Wildman–Crippen MR) is 108 cm³/mol. The smallest absolute Gasteiger partial charge is 0.460 e. The van der Waals surface area contributed by atoms with E-state index in [9.17, 15) is 93.3 Å². The number of hydrogen-bond donors (Lipinski definition) is 3. The van der Waals surface area contributed by atoms with Crippen LogP contribution in [0.1, 0.15) is 19.3 Å². The summed E-state index contributed by atoms with van der Waals surface area (Å²) in [5, 5.41) is 20.2. The van der Waals surface area contributed by atoms with Crippen LogP contribution in [-0.2, 0) is 4.79 Å². The summed E-state index contributed by atoms with van der Waals surface area (Å²) in [6.07, 6.45) is -14.1. The highest BCUT2D eigenvalue weighted by atomic mass is 19.4. The Kier molecular flexibility index (Phi) is 12.1. The number of aliphatic hydroxyl groups is 1. The topological polar surface area (TPSA) is 69.6 Å². The highest BCUT2D eigenvalue weighted by molar-refractivity contribution is 5.66. The Morgan fingerprint density at radius 1 is 0.636 bits per heavy atom. The monoisotopic (exact) mass is 701 g/mol. The van der Waals surface area contributed by atoms with Crippen LogP contribution >= 0.6 is 0 Å². The first-order chi connectivity index (χ1) is 19.0. The van der Waals surface area contributed by atoms with Gasteiger partial charge in [0.1, 0.15) is 0 Å². The number of nitrogens with one attached hydrogen (secondary N) is 1. The van der Waals surface area contributed by atoms with Gasteiger partial charge in [0.2, 0.25) is 0 Å². The maximum Gasteiger partial charge on any atom is 0.460 e. The Balaban J connectivity index is 5.94. The SMILES string of the molecule is C[N+](C)(CCCNCC(O)CC(F)(F)C(F)(F)C(F)(F)C(F)(F)C(F)(F)C(F)(F)C(F)(F)C(F)(F)C(F)(F)F)CCC(=O)O. The lowest BCUT2D eigenvalue weighted by Gasteiger charge is -2.44. The normalized spacial score (nSPS) is 16.3. The Hall–Kier alpha value is -1.98. The van der Waals surface area contributed by atoms with E-state index in [0.29, 0.717) is 0 Å². The summed E-state index contributed by atoms with van der Waals surface area (Å²) in [6, 6.07) is 0. The number of halogens is 19. The zero-order chi connectivity index (χ0) is 35.8. The van der Waals surface area contributed by atoms with Gasteiger partial charge in [0, 0.05) is 25.9 Å². The van der Waals surface area contributed by atoms with Gasteiger partial charge in [0.05, 0.1) is 39.7 Å². The van der Waals surface area contributed by atoms with E-state index < -0.39 is 78.6 Å². The van der Waals surface area contributed by atoms with E-state index in [2.05, 4.69) is 5.32 Å². The van der Waals surface area contributed by atoms with Gasteiger partial charge in [0.25, 0.3) is 0 Å². The Labute approximate surface area is 234 Å². The number of aliphatic carboxylic acids is 1. The van der Waals surface area contributed by atoms with E-state index >= 15 is 0 Å². The summed E-state index contributed by atoms with van der Waals surface area (Å²) in [6.45, 7) is -1.26. The first-order valence-electron chi connectivity index (χ1n) is 11.5. The summed E-state index contributed by atoms with van der Waals surface area (Å²) in [5.74, 6) is -68.4. The van der Waals surface area contributed by atoms with E-state index in [1.165, 1.54) is 0 Å². The van der Waals surface area contributed by atoms with Gasteiger partial charge in [-0.25, -0.2) is 0 Å². The van der Waals surface area contributed by atoms with Gasteiger partial charge < -0.3 is 20.0 Å². The van der Waals surface area contributed by atoms with Crippen LogP contribution in [0.4, 0.5) is 83.4 Å². The van der Waals surface area contributed by atoms with Crippen molar-refractivity contribution >= 4 is 5.97 Å². The van der Waals surface area contributed by atoms with Gasteiger partial charge >= 0.3 is 59.5 Å². The molecule has 44 heavy (non-hydrogen) atoms. The molecule has 0 saturated heterocycles. The van der Waals surface area contributed by atoms with Gasteiger partial charge in [-0.3, -0.25) is 4.79 Å². The number of aliphatic hydroxyl groups excluding tert-OH is 1. The Morgan fingerprint density at radius 3 is 1.36 bits per heavy atom. The fourth-order valence-electron chi connectivity index (χ4n) is 3.30. The van der Waals surface area contributed by atoms with Crippen molar-refractivity contribution in [2.45, 2.75) is 78.9 Å². The van der Waals surface area contributed by atoms with Crippen LogP contribution in [0.3, 0.4) is 0 Å². The van der Waals surface area contributed by atoms with Gasteiger partial charge in [-0.05, 0) is 0 Å². The first-order valence-corrected chi connectivity index (χ1v) is 11.5. The quantitative estimate of drug-likeness (QED) is 0.0945. The third kappa shape index (κ3) is 7.52. The third-order valence-electron chi connectivity index (χ3n) is 6.10. The molecule has 24 heteroatoms. The molecular formula is C20H24F19N2O3+. The van der Waals surface area contributed by atoms with Crippen LogP contribution in [0.5, 0.6) is 0 Å². The number of carboxylic acid groups (broad SMARTS) is 1. The van der Waals surface area contributed by atoms with Crippen molar-refractivity contribution in [2.75, 3.05) is 40.3 Å². The largest absolute Gasteiger partial charge is 0.481 e. The van der Waals surface area contributed by atoms with Crippen molar-refractivity contribution in [3.8, 4) is 0 Å².